The molecule has 0 fully saturated rings. The highest BCUT2D eigenvalue weighted by molar-refractivity contribution is 6.37. The molecule has 0 N–H and O–H groups in total. The molecule has 1 aliphatic rings. The highest BCUT2D eigenvalue weighted by Crippen LogP contribution is 2.35. The van der Waals surface area contributed by atoms with E-state index in [2.05, 4.69) is 5.10 Å². The lowest BCUT2D eigenvalue weighted by Crippen LogP contribution is -2.21. The van der Waals surface area contributed by atoms with Crippen LogP contribution in [0.25, 0.3) is 6.08 Å². The molecule has 0 atom stereocenters. The summed E-state index contributed by atoms with van der Waals surface area (Å²) in [5.74, 6) is 0.219. The van der Waals surface area contributed by atoms with E-state index in [0.29, 0.717) is 32.6 Å². The summed E-state index contributed by atoms with van der Waals surface area (Å²) in [6.45, 7) is 1.79. The molecule has 122 valence electrons. The second-order valence-corrected chi connectivity index (χ2v) is 6.03. The Hall–Kier alpha value is -2.30. The number of carbonyl (C=O) groups is 1. The van der Waals surface area contributed by atoms with E-state index < -0.39 is 0 Å². The molecular formula is C18H14Cl2N2O2. The lowest BCUT2D eigenvalue weighted by Gasteiger charge is -2.11. The fourth-order valence-electron chi connectivity index (χ4n) is 2.45. The summed E-state index contributed by atoms with van der Waals surface area (Å²) in [5.41, 5.74) is 2.55. The van der Waals surface area contributed by atoms with Crippen molar-refractivity contribution < 1.29 is 9.53 Å². The van der Waals surface area contributed by atoms with Gasteiger partial charge in [-0.05, 0) is 42.8 Å². The number of nitrogens with zero attached hydrogens (tertiary/aromatic N) is 2. The highest BCUT2D eigenvalue weighted by Gasteiger charge is 2.28. The molecule has 24 heavy (non-hydrogen) atoms. The molecular weight excluding hydrogens is 347 g/mol. The third-order valence-corrected chi connectivity index (χ3v) is 4.16. The van der Waals surface area contributed by atoms with E-state index in [0.717, 1.165) is 5.69 Å². The molecule has 0 unspecified atom stereocenters. The molecule has 0 bridgehead atoms. The van der Waals surface area contributed by atoms with E-state index in [-0.39, 0.29) is 5.91 Å². The van der Waals surface area contributed by atoms with Crippen molar-refractivity contribution in [3.8, 4) is 5.75 Å². The van der Waals surface area contributed by atoms with Crippen molar-refractivity contribution in [3.05, 3.63) is 63.6 Å². The zero-order chi connectivity index (χ0) is 17.3. The van der Waals surface area contributed by atoms with Crippen LogP contribution in [0, 0.1) is 0 Å². The van der Waals surface area contributed by atoms with Gasteiger partial charge < -0.3 is 4.74 Å². The number of hydrogen-bond acceptors (Lipinski definition) is 3. The van der Waals surface area contributed by atoms with Gasteiger partial charge in [0.1, 0.15) is 0 Å². The van der Waals surface area contributed by atoms with E-state index in [9.17, 15) is 4.79 Å². The lowest BCUT2D eigenvalue weighted by atomic mass is 10.1. The predicted octanol–water partition coefficient (Wildman–Crippen LogP) is 4.81. The first-order valence-electron chi connectivity index (χ1n) is 7.21. The quantitative estimate of drug-likeness (QED) is 0.737. The molecule has 0 aliphatic carbocycles. The third-order valence-electron chi connectivity index (χ3n) is 3.60. The van der Waals surface area contributed by atoms with Crippen LogP contribution in [0.4, 0.5) is 5.69 Å². The Morgan fingerprint density at radius 3 is 2.33 bits per heavy atom. The Morgan fingerprint density at radius 2 is 1.75 bits per heavy atom. The maximum absolute atomic E-state index is 12.7. The van der Waals surface area contributed by atoms with Gasteiger partial charge in [-0.25, -0.2) is 0 Å². The second kappa shape index (κ2) is 6.67. The first-order chi connectivity index (χ1) is 11.5. The van der Waals surface area contributed by atoms with Gasteiger partial charge in [0, 0.05) is 0 Å². The fraction of sp³-hybridized carbons (Fsp3) is 0.111. The first kappa shape index (κ1) is 16.6. The topological polar surface area (TPSA) is 41.9 Å². The zero-order valence-electron chi connectivity index (χ0n) is 13.1. The van der Waals surface area contributed by atoms with Crippen molar-refractivity contribution in [3.63, 3.8) is 0 Å². The molecule has 3 rings (SSSR count). The van der Waals surface area contributed by atoms with Crippen LogP contribution in [0.5, 0.6) is 5.75 Å². The number of benzene rings is 2. The number of ether oxygens (including phenoxy) is 1. The summed E-state index contributed by atoms with van der Waals surface area (Å²) in [7, 11) is 1.50. The van der Waals surface area contributed by atoms with Crippen molar-refractivity contribution in [2.75, 3.05) is 12.1 Å². The second-order valence-electron chi connectivity index (χ2n) is 5.21. The third kappa shape index (κ3) is 3.03. The maximum Gasteiger partial charge on any atom is 0.280 e. The number of rotatable bonds is 3. The highest BCUT2D eigenvalue weighted by atomic mass is 35.5. The minimum absolute atomic E-state index is 0.193. The summed E-state index contributed by atoms with van der Waals surface area (Å²) >= 11 is 12.3. The molecule has 0 radical (unpaired) electrons. The number of anilines is 1. The van der Waals surface area contributed by atoms with Crippen LogP contribution in [0.15, 0.2) is 53.1 Å². The Morgan fingerprint density at radius 1 is 1.12 bits per heavy atom. The Kier molecular flexibility index (Phi) is 4.60. The normalized spacial score (nSPS) is 15.8. The summed E-state index contributed by atoms with van der Waals surface area (Å²) in [5, 5.41) is 6.49. The van der Waals surface area contributed by atoms with Crippen LogP contribution in [0.2, 0.25) is 10.0 Å². The number of carbonyl (C=O) groups excluding carboxylic acids is 1. The predicted molar refractivity (Wildman–Crippen MR) is 98.0 cm³/mol. The molecule has 4 nitrogen and oxygen atoms in total. The maximum atomic E-state index is 12.7. The van der Waals surface area contributed by atoms with Crippen LogP contribution in [-0.4, -0.2) is 18.7 Å². The van der Waals surface area contributed by atoms with Crippen molar-refractivity contribution in [1.82, 2.24) is 0 Å². The zero-order valence-corrected chi connectivity index (χ0v) is 14.6. The molecule has 1 amide bonds. The summed E-state index contributed by atoms with van der Waals surface area (Å²) < 4.78 is 5.13. The minimum Gasteiger partial charge on any atom is -0.494 e. The molecule has 6 heteroatoms. The van der Waals surface area contributed by atoms with Gasteiger partial charge in [-0.3, -0.25) is 4.79 Å². The largest absolute Gasteiger partial charge is 0.494 e. The molecule has 2 aromatic rings. The van der Waals surface area contributed by atoms with Gasteiger partial charge in [-0.2, -0.15) is 10.1 Å². The van der Waals surface area contributed by atoms with E-state index in [4.69, 9.17) is 27.9 Å². The van der Waals surface area contributed by atoms with Gasteiger partial charge in [0.15, 0.2) is 5.75 Å². The summed E-state index contributed by atoms with van der Waals surface area (Å²) in [4.78, 5) is 12.7. The van der Waals surface area contributed by atoms with E-state index in [1.807, 2.05) is 30.3 Å². The van der Waals surface area contributed by atoms with Gasteiger partial charge >= 0.3 is 0 Å². The van der Waals surface area contributed by atoms with Crippen molar-refractivity contribution in [1.29, 1.82) is 0 Å². The molecule has 1 aliphatic heterocycles. The lowest BCUT2D eigenvalue weighted by molar-refractivity contribution is -0.114. The average Bonchev–Trinajstić information content (AvgIpc) is 2.84. The number of methoxy groups -OCH3 is 1. The summed E-state index contributed by atoms with van der Waals surface area (Å²) in [6, 6.07) is 12.7. The van der Waals surface area contributed by atoms with Crippen LogP contribution in [0.3, 0.4) is 0 Å². The van der Waals surface area contributed by atoms with E-state index in [1.165, 1.54) is 12.1 Å². The Labute approximate surface area is 149 Å². The molecule has 0 saturated heterocycles. The van der Waals surface area contributed by atoms with Gasteiger partial charge in [0.25, 0.3) is 5.91 Å². The van der Waals surface area contributed by atoms with Gasteiger partial charge in [-0.15, -0.1) is 0 Å². The number of amides is 1. The monoisotopic (exact) mass is 360 g/mol. The Bertz CT molecular complexity index is 838. The van der Waals surface area contributed by atoms with Gasteiger partial charge in [0.05, 0.1) is 34.1 Å². The number of hydrogen-bond donors (Lipinski definition) is 0. The molecule has 2 aromatic carbocycles. The Balaban J connectivity index is 1.97. The number of hydrazone groups is 1. The van der Waals surface area contributed by atoms with Crippen LogP contribution in [-0.2, 0) is 4.79 Å². The van der Waals surface area contributed by atoms with Crippen molar-refractivity contribution in [2.24, 2.45) is 5.10 Å². The minimum atomic E-state index is -0.193. The standard InChI is InChI=1S/C18H14Cl2N2O2/c1-11-14(8-12-9-15(19)17(24-2)16(20)10-12)18(23)22(21-11)13-6-4-3-5-7-13/h3-10H,1-2H3. The fourth-order valence-corrected chi connectivity index (χ4v) is 3.11. The van der Waals surface area contributed by atoms with E-state index in [1.54, 1.807) is 25.1 Å². The smallest absolute Gasteiger partial charge is 0.280 e. The summed E-state index contributed by atoms with van der Waals surface area (Å²) in [6.07, 6.45) is 1.72. The van der Waals surface area contributed by atoms with Crippen molar-refractivity contribution in [2.45, 2.75) is 6.92 Å². The SMILES string of the molecule is COc1c(Cl)cc(C=C2C(=O)N(c3ccccc3)N=C2C)cc1Cl. The molecule has 0 aromatic heterocycles. The van der Waals surface area contributed by atoms with Crippen molar-refractivity contribution >= 4 is 46.6 Å². The molecule has 0 spiro atoms. The van der Waals surface area contributed by atoms with Gasteiger partial charge in [0.2, 0.25) is 0 Å². The molecule has 1 heterocycles. The average molecular weight is 361 g/mol. The first-order valence-corrected chi connectivity index (χ1v) is 7.96. The van der Waals surface area contributed by atoms with Crippen LogP contribution in [0.1, 0.15) is 12.5 Å². The number of halogens is 2. The van der Waals surface area contributed by atoms with E-state index >= 15 is 0 Å². The van der Waals surface area contributed by atoms with Crippen LogP contribution >= 0.6 is 23.2 Å². The van der Waals surface area contributed by atoms with Crippen LogP contribution < -0.4 is 9.75 Å². The number of para-hydroxylation sites is 1. The van der Waals surface area contributed by atoms with Gasteiger partial charge in [-0.1, -0.05) is 41.4 Å². The molecule has 0 saturated carbocycles.